The number of allylic oxidation sites excluding steroid dienone is 3. The summed E-state index contributed by atoms with van der Waals surface area (Å²) in [6.07, 6.45) is 15.3. The number of hydrogen-bond donors (Lipinski definition) is 0. The van der Waals surface area contributed by atoms with Crippen LogP contribution in [0.2, 0.25) is 0 Å². The molecule has 0 fully saturated rings. The lowest BCUT2D eigenvalue weighted by Gasteiger charge is -2.14. The summed E-state index contributed by atoms with van der Waals surface area (Å²) in [5.74, 6) is 2.66. The molecule has 0 saturated heterocycles. The van der Waals surface area contributed by atoms with Crippen molar-refractivity contribution in [2.24, 2.45) is 17.8 Å². The summed E-state index contributed by atoms with van der Waals surface area (Å²) < 4.78 is 0. The highest BCUT2D eigenvalue weighted by Gasteiger charge is 2.06. The zero-order valence-corrected chi connectivity index (χ0v) is 14.8. The van der Waals surface area contributed by atoms with Crippen LogP contribution in [0.5, 0.6) is 0 Å². The van der Waals surface area contributed by atoms with Crippen LogP contribution in [0.25, 0.3) is 0 Å². The summed E-state index contributed by atoms with van der Waals surface area (Å²) in [6.45, 7) is 15.4. The van der Waals surface area contributed by atoms with Crippen molar-refractivity contribution in [2.75, 3.05) is 0 Å². The Morgan fingerprint density at radius 2 is 1.35 bits per heavy atom. The summed E-state index contributed by atoms with van der Waals surface area (Å²) in [4.78, 5) is 0. The van der Waals surface area contributed by atoms with Crippen molar-refractivity contribution in [3.8, 4) is 0 Å². The van der Waals surface area contributed by atoms with Gasteiger partial charge < -0.3 is 0 Å². The third kappa shape index (κ3) is 12.5. The highest BCUT2D eigenvalue weighted by Crippen LogP contribution is 2.21. The van der Waals surface area contributed by atoms with E-state index in [0.717, 1.165) is 17.8 Å². The first-order chi connectivity index (χ1) is 9.45. The topological polar surface area (TPSA) is 0 Å². The Kier molecular flexibility index (Phi) is 11.9. The maximum atomic E-state index is 3.79. The smallest absolute Gasteiger partial charge is 0.0342 e. The van der Waals surface area contributed by atoms with Crippen LogP contribution >= 0.6 is 0 Å². The van der Waals surface area contributed by atoms with Crippen molar-refractivity contribution in [1.82, 2.24) is 0 Å². The quantitative estimate of drug-likeness (QED) is 0.332. The normalized spacial score (nSPS) is 15.4. The Bertz CT molecular complexity index is 259. The summed E-state index contributed by atoms with van der Waals surface area (Å²) in [5, 5.41) is 0. The summed E-state index contributed by atoms with van der Waals surface area (Å²) >= 11 is 0. The molecule has 0 aromatic rings. The molecule has 0 aromatic carbocycles. The molecule has 0 rings (SSSR count). The molecule has 20 heavy (non-hydrogen) atoms. The SMILES string of the molecule is C=C/C(C)=C\CC[C@H](C)CCC[C@H](C)CCCC(C)C. The maximum Gasteiger partial charge on any atom is -0.0342 e. The first kappa shape index (κ1) is 19.5. The van der Waals surface area contributed by atoms with E-state index in [2.05, 4.69) is 47.3 Å². The fraction of sp³-hybridized carbons (Fsp3) is 0.800. The molecule has 118 valence electrons. The van der Waals surface area contributed by atoms with Crippen molar-refractivity contribution >= 4 is 0 Å². The lowest BCUT2D eigenvalue weighted by Crippen LogP contribution is -2.00. The van der Waals surface area contributed by atoms with Crippen molar-refractivity contribution in [2.45, 2.75) is 86.0 Å². The van der Waals surface area contributed by atoms with Crippen LogP contribution in [-0.2, 0) is 0 Å². The first-order valence-electron chi connectivity index (χ1n) is 8.74. The second-order valence-electron chi connectivity index (χ2n) is 7.20. The summed E-state index contributed by atoms with van der Waals surface area (Å²) in [5.41, 5.74) is 1.32. The Balaban J connectivity index is 3.55. The second-order valence-corrected chi connectivity index (χ2v) is 7.20. The van der Waals surface area contributed by atoms with Crippen LogP contribution in [0, 0.1) is 17.8 Å². The molecule has 2 atom stereocenters. The van der Waals surface area contributed by atoms with Gasteiger partial charge in [0.1, 0.15) is 0 Å². The van der Waals surface area contributed by atoms with Crippen LogP contribution in [0.1, 0.15) is 86.0 Å². The Morgan fingerprint density at radius 3 is 1.85 bits per heavy atom. The minimum atomic E-state index is 0.867. The largest absolute Gasteiger partial charge is 0.0988 e. The molecule has 0 bridgehead atoms. The molecule has 0 spiro atoms. The Morgan fingerprint density at radius 1 is 0.850 bits per heavy atom. The van der Waals surface area contributed by atoms with Crippen molar-refractivity contribution < 1.29 is 0 Å². The van der Waals surface area contributed by atoms with E-state index in [4.69, 9.17) is 0 Å². The van der Waals surface area contributed by atoms with Crippen molar-refractivity contribution in [3.63, 3.8) is 0 Å². The molecule has 0 amide bonds. The second kappa shape index (κ2) is 12.2. The lowest BCUT2D eigenvalue weighted by molar-refractivity contribution is 0.393. The Labute approximate surface area is 128 Å². The van der Waals surface area contributed by atoms with Crippen LogP contribution in [-0.4, -0.2) is 0 Å². The molecule has 0 heterocycles. The molecule has 0 radical (unpaired) electrons. The molecule has 0 N–H and O–H groups in total. The highest BCUT2D eigenvalue weighted by atomic mass is 14.1. The van der Waals surface area contributed by atoms with Gasteiger partial charge in [-0.25, -0.2) is 0 Å². The fourth-order valence-electron chi connectivity index (χ4n) is 2.66. The van der Waals surface area contributed by atoms with Gasteiger partial charge in [-0.1, -0.05) is 90.5 Å². The zero-order chi connectivity index (χ0) is 15.4. The number of rotatable bonds is 12. The standard InChI is InChI=1S/C20H38/c1-7-18(4)12-9-14-20(6)16-10-15-19(5)13-8-11-17(2)3/h7,12,17,19-20H,1,8-11,13-16H2,2-6H3/b18-12-/t19-,20+/m1/s1. The average molecular weight is 279 g/mol. The lowest BCUT2D eigenvalue weighted by atomic mass is 9.92. The summed E-state index contributed by atoms with van der Waals surface area (Å²) in [6, 6.07) is 0. The van der Waals surface area contributed by atoms with Crippen LogP contribution in [0.4, 0.5) is 0 Å². The van der Waals surface area contributed by atoms with Crippen LogP contribution in [0.3, 0.4) is 0 Å². The Hall–Kier alpha value is -0.520. The molecule has 0 aliphatic rings. The van der Waals surface area contributed by atoms with E-state index in [1.165, 1.54) is 56.9 Å². The van der Waals surface area contributed by atoms with Crippen molar-refractivity contribution in [3.05, 3.63) is 24.3 Å². The molecule has 0 saturated carbocycles. The molecular formula is C20H38. The predicted octanol–water partition coefficient (Wildman–Crippen LogP) is 7.17. The molecule has 0 aliphatic carbocycles. The minimum absolute atomic E-state index is 0.867. The van der Waals surface area contributed by atoms with Gasteiger partial charge in [-0.2, -0.15) is 0 Å². The summed E-state index contributed by atoms with van der Waals surface area (Å²) in [7, 11) is 0. The molecule has 0 aromatic heterocycles. The van der Waals surface area contributed by atoms with Gasteiger partial charge in [0.25, 0.3) is 0 Å². The molecular weight excluding hydrogens is 240 g/mol. The van der Waals surface area contributed by atoms with E-state index >= 15 is 0 Å². The third-order valence-electron chi connectivity index (χ3n) is 4.32. The van der Waals surface area contributed by atoms with Gasteiger partial charge >= 0.3 is 0 Å². The van der Waals surface area contributed by atoms with Gasteiger partial charge in [-0.3, -0.25) is 0 Å². The van der Waals surface area contributed by atoms with E-state index in [9.17, 15) is 0 Å². The van der Waals surface area contributed by atoms with E-state index in [1.54, 1.807) is 0 Å². The van der Waals surface area contributed by atoms with Crippen LogP contribution < -0.4 is 0 Å². The zero-order valence-electron chi connectivity index (χ0n) is 14.8. The molecule has 0 unspecified atom stereocenters. The molecule has 0 nitrogen and oxygen atoms in total. The minimum Gasteiger partial charge on any atom is -0.0988 e. The molecule has 0 heteroatoms. The van der Waals surface area contributed by atoms with Gasteiger partial charge in [0, 0.05) is 0 Å². The van der Waals surface area contributed by atoms with Gasteiger partial charge in [0.2, 0.25) is 0 Å². The molecule has 0 aliphatic heterocycles. The van der Waals surface area contributed by atoms with E-state index in [-0.39, 0.29) is 0 Å². The highest BCUT2D eigenvalue weighted by molar-refractivity contribution is 5.12. The van der Waals surface area contributed by atoms with E-state index in [0.29, 0.717) is 0 Å². The fourth-order valence-corrected chi connectivity index (χ4v) is 2.66. The monoisotopic (exact) mass is 278 g/mol. The van der Waals surface area contributed by atoms with E-state index in [1.807, 2.05) is 6.08 Å². The van der Waals surface area contributed by atoms with E-state index < -0.39 is 0 Å². The van der Waals surface area contributed by atoms with Gasteiger partial charge in [-0.05, 0) is 37.5 Å². The van der Waals surface area contributed by atoms with Gasteiger partial charge in [0.15, 0.2) is 0 Å². The van der Waals surface area contributed by atoms with Crippen molar-refractivity contribution in [1.29, 1.82) is 0 Å². The third-order valence-corrected chi connectivity index (χ3v) is 4.32. The van der Waals surface area contributed by atoms with Crippen LogP contribution in [0.15, 0.2) is 24.3 Å². The van der Waals surface area contributed by atoms with Gasteiger partial charge in [0.05, 0.1) is 0 Å². The predicted molar refractivity (Wildman–Crippen MR) is 94.1 cm³/mol. The number of hydrogen-bond acceptors (Lipinski definition) is 0. The van der Waals surface area contributed by atoms with Gasteiger partial charge in [-0.15, -0.1) is 0 Å². The first-order valence-corrected chi connectivity index (χ1v) is 8.74. The average Bonchev–Trinajstić information content (AvgIpc) is 2.38. The maximum absolute atomic E-state index is 3.79.